The van der Waals surface area contributed by atoms with Gasteiger partial charge in [0.2, 0.25) is 0 Å². The number of nitrogens with one attached hydrogen (secondary N) is 3. The van der Waals surface area contributed by atoms with Crippen LogP contribution in [0, 0.1) is 0 Å². The summed E-state index contributed by atoms with van der Waals surface area (Å²) in [5, 5.41) is 15.8. The lowest BCUT2D eigenvalue weighted by Crippen LogP contribution is -2.34. The average molecular weight is 386 g/mol. The van der Waals surface area contributed by atoms with E-state index in [0.29, 0.717) is 6.42 Å². The largest absolute Gasteiger partial charge is 0.465 e. The zero-order valence-electron chi connectivity index (χ0n) is 15.4. The molecule has 3 amide bonds. The quantitative estimate of drug-likeness (QED) is 0.495. The van der Waals surface area contributed by atoms with E-state index >= 15 is 0 Å². The van der Waals surface area contributed by atoms with Crippen LogP contribution in [0.25, 0.3) is 0 Å². The smallest absolute Gasteiger partial charge is 0.404 e. The molecule has 28 heavy (non-hydrogen) atoms. The molecule has 148 valence electrons. The Hall–Kier alpha value is -3.62. The van der Waals surface area contributed by atoms with Gasteiger partial charge in [-0.25, -0.2) is 4.79 Å². The number of aromatic nitrogens is 1. The molecule has 1 heterocycles. The lowest BCUT2D eigenvalue weighted by Gasteiger charge is -2.12. The zero-order valence-corrected chi connectivity index (χ0v) is 15.4. The normalized spacial score (nSPS) is 10.2. The summed E-state index contributed by atoms with van der Waals surface area (Å²) in [4.78, 5) is 47.5. The Labute approximate surface area is 161 Å². The topological polar surface area (TPSA) is 130 Å². The van der Waals surface area contributed by atoms with Crippen molar-refractivity contribution in [1.82, 2.24) is 20.5 Å². The van der Waals surface area contributed by atoms with Crippen molar-refractivity contribution in [2.24, 2.45) is 0 Å². The van der Waals surface area contributed by atoms with Crippen molar-refractivity contribution < 1.29 is 19.5 Å². The fourth-order valence-electron chi connectivity index (χ4n) is 2.54. The van der Waals surface area contributed by atoms with Gasteiger partial charge in [-0.3, -0.25) is 14.4 Å². The van der Waals surface area contributed by atoms with Crippen molar-refractivity contribution in [2.75, 3.05) is 20.1 Å². The Kier molecular flexibility index (Phi) is 7.32. The van der Waals surface area contributed by atoms with Crippen molar-refractivity contribution >= 4 is 17.9 Å². The van der Waals surface area contributed by atoms with Gasteiger partial charge in [0, 0.05) is 26.3 Å². The molecule has 4 N–H and O–H groups in total. The Bertz CT molecular complexity index is 908. The number of amides is 3. The lowest BCUT2D eigenvalue weighted by molar-refractivity contribution is 0.0952. The minimum absolute atomic E-state index is 0.126. The highest BCUT2D eigenvalue weighted by Gasteiger charge is 2.16. The monoisotopic (exact) mass is 386 g/mol. The molecule has 9 nitrogen and oxygen atoms in total. The van der Waals surface area contributed by atoms with E-state index in [1.165, 1.54) is 23.9 Å². The molecule has 0 bridgehead atoms. The van der Waals surface area contributed by atoms with Crippen LogP contribution in [-0.4, -0.2) is 47.7 Å². The lowest BCUT2D eigenvalue weighted by atomic mass is 10.1. The second-order valence-corrected chi connectivity index (χ2v) is 5.98. The molecule has 0 fully saturated rings. The van der Waals surface area contributed by atoms with Gasteiger partial charge in [0.05, 0.1) is 12.1 Å². The van der Waals surface area contributed by atoms with E-state index in [0.717, 1.165) is 5.56 Å². The number of carbonyl (C=O) groups is 3. The minimum Gasteiger partial charge on any atom is -0.465 e. The minimum atomic E-state index is -1.13. The number of hydrogen-bond acceptors (Lipinski definition) is 4. The van der Waals surface area contributed by atoms with Crippen molar-refractivity contribution in [2.45, 2.75) is 13.0 Å². The van der Waals surface area contributed by atoms with Crippen LogP contribution in [0.1, 0.15) is 32.7 Å². The Morgan fingerprint density at radius 3 is 2.36 bits per heavy atom. The van der Waals surface area contributed by atoms with Crippen LogP contribution in [0.15, 0.2) is 47.4 Å². The number of rotatable bonds is 8. The maximum atomic E-state index is 12.6. The second kappa shape index (κ2) is 9.91. The van der Waals surface area contributed by atoms with Crippen molar-refractivity contribution in [3.8, 4) is 0 Å². The van der Waals surface area contributed by atoms with Crippen LogP contribution >= 0.6 is 0 Å². The van der Waals surface area contributed by atoms with Crippen LogP contribution in [0.5, 0.6) is 0 Å². The number of carbonyl (C=O) groups excluding carboxylic acids is 2. The fraction of sp³-hybridized carbons (Fsp3) is 0.263. The molecule has 0 aliphatic carbocycles. The summed E-state index contributed by atoms with van der Waals surface area (Å²) in [5.41, 5.74) is 0.397. The summed E-state index contributed by atoms with van der Waals surface area (Å²) < 4.78 is 1.32. The van der Waals surface area contributed by atoms with Gasteiger partial charge in [0.15, 0.2) is 0 Å². The van der Waals surface area contributed by atoms with Crippen LogP contribution in [-0.2, 0) is 6.54 Å². The third kappa shape index (κ3) is 5.70. The third-order valence-corrected chi connectivity index (χ3v) is 3.93. The molecule has 1 aromatic carbocycles. The van der Waals surface area contributed by atoms with Gasteiger partial charge in [-0.2, -0.15) is 0 Å². The summed E-state index contributed by atoms with van der Waals surface area (Å²) in [7, 11) is 1.41. The molecule has 0 unspecified atom stereocenters. The number of hydrogen-bond donors (Lipinski definition) is 4. The van der Waals surface area contributed by atoms with E-state index in [4.69, 9.17) is 5.11 Å². The summed E-state index contributed by atoms with van der Waals surface area (Å²) in [5.74, 6) is -1.03. The van der Waals surface area contributed by atoms with Gasteiger partial charge >= 0.3 is 6.09 Å². The van der Waals surface area contributed by atoms with Crippen molar-refractivity contribution in [1.29, 1.82) is 0 Å². The molecular weight excluding hydrogens is 364 g/mol. The third-order valence-electron chi connectivity index (χ3n) is 3.93. The number of pyridine rings is 1. The molecule has 0 aliphatic heterocycles. The van der Waals surface area contributed by atoms with Crippen LogP contribution in [0.4, 0.5) is 4.79 Å². The molecule has 0 atom stereocenters. The van der Waals surface area contributed by atoms with Crippen LogP contribution in [0.2, 0.25) is 0 Å². The molecule has 0 saturated carbocycles. The first-order chi connectivity index (χ1) is 13.4. The Morgan fingerprint density at radius 1 is 1.04 bits per heavy atom. The van der Waals surface area contributed by atoms with Crippen molar-refractivity contribution in [3.05, 3.63) is 69.6 Å². The summed E-state index contributed by atoms with van der Waals surface area (Å²) in [6.45, 7) is 0.659. The van der Waals surface area contributed by atoms with Gasteiger partial charge in [0.1, 0.15) is 5.56 Å². The highest BCUT2D eigenvalue weighted by atomic mass is 16.4. The van der Waals surface area contributed by atoms with Crippen molar-refractivity contribution in [3.63, 3.8) is 0 Å². The van der Waals surface area contributed by atoms with E-state index in [-0.39, 0.29) is 30.8 Å². The van der Waals surface area contributed by atoms with Gasteiger partial charge < -0.3 is 25.6 Å². The van der Waals surface area contributed by atoms with Gasteiger partial charge in [-0.05, 0) is 18.1 Å². The maximum absolute atomic E-state index is 12.6. The Balaban J connectivity index is 2.22. The van der Waals surface area contributed by atoms with E-state index in [2.05, 4.69) is 16.0 Å². The second-order valence-electron chi connectivity index (χ2n) is 5.98. The Morgan fingerprint density at radius 2 is 1.71 bits per heavy atom. The highest BCUT2D eigenvalue weighted by molar-refractivity contribution is 5.99. The SMILES string of the molecule is CNC(=O)c1cc(C(=O)NCCCNC(=O)O)cn(Cc2ccccc2)c1=O. The maximum Gasteiger partial charge on any atom is 0.404 e. The van der Waals surface area contributed by atoms with Crippen LogP contribution in [0.3, 0.4) is 0 Å². The first kappa shape index (κ1) is 20.7. The predicted molar refractivity (Wildman–Crippen MR) is 103 cm³/mol. The number of nitrogens with zero attached hydrogens (tertiary/aromatic N) is 1. The first-order valence-electron chi connectivity index (χ1n) is 8.68. The molecule has 0 saturated heterocycles. The molecule has 2 aromatic rings. The van der Waals surface area contributed by atoms with Crippen LogP contribution < -0.4 is 21.5 Å². The molecule has 2 rings (SSSR count). The summed E-state index contributed by atoms with van der Waals surface area (Å²) in [6.07, 6.45) is 0.686. The number of carboxylic acid groups (broad SMARTS) is 1. The zero-order chi connectivity index (χ0) is 20.5. The summed E-state index contributed by atoms with van der Waals surface area (Å²) in [6, 6.07) is 10.5. The standard InChI is InChI=1S/C19H22N4O5/c1-20-17(25)15-10-14(16(24)21-8-5-9-22-19(27)28)12-23(18(15)26)11-13-6-3-2-4-7-13/h2-4,6-7,10,12,22H,5,8-9,11H2,1H3,(H,20,25)(H,21,24)(H,27,28). The molecule has 1 aromatic heterocycles. The van der Waals surface area contributed by atoms with Gasteiger partial charge in [0.25, 0.3) is 17.4 Å². The molecule has 0 radical (unpaired) electrons. The average Bonchev–Trinajstić information content (AvgIpc) is 2.69. The van der Waals surface area contributed by atoms with E-state index in [1.54, 1.807) is 0 Å². The van der Waals surface area contributed by atoms with E-state index in [1.807, 2.05) is 30.3 Å². The summed E-state index contributed by atoms with van der Waals surface area (Å²) >= 11 is 0. The van der Waals surface area contributed by atoms with Gasteiger partial charge in [-0.1, -0.05) is 30.3 Å². The van der Waals surface area contributed by atoms with E-state index < -0.39 is 23.5 Å². The number of benzene rings is 1. The molecule has 0 aliphatic rings. The molecule has 9 heteroatoms. The predicted octanol–water partition coefficient (Wildman–Crippen LogP) is 0.644. The van der Waals surface area contributed by atoms with Gasteiger partial charge in [-0.15, -0.1) is 0 Å². The molecular formula is C19H22N4O5. The molecule has 0 spiro atoms. The first-order valence-corrected chi connectivity index (χ1v) is 8.68. The highest BCUT2D eigenvalue weighted by Crippen LogP contribution is 2.06. The van der Waals surface area contributed by atoms with E-state index in [9.17, 15) is 19.2 Å². The fourth-order valence-corrected chi connectivity index (χ4v) is 2.54.